The van der Waals surface area contributed by atoms with Crippen LogP contribution in [-0.4, -0.2) is 45.6 Å². The zero-order chi connectivity index (χ0) is 23.2. The molecule has 0 aliphatic carbocycles. The molecule has 1 N–H and O–H groups in total. The maximum Gasteiger partial charge on any atom is 0.260 e. The van der Waals surface area contributed by atoms with Crippen LogP contribution in [0.4, 0.5) is 5.13 Å². The van der Waals surface area contributed by atoms with Crippen molar-refractivity contribution in [3.8, 4) is 5.75 Å². The van der Waals surface area contributed by atoms with Gasteiger partial charge in [0.1, 0.15) is 10.8 Å². The molecular weight excluding hydrogens is 436 g/mol. The Morgan fingerprint density at radius 3 is 2.42 bits per heavy atom. The lowest BCUT2D eigenvalue weighted by atomic mass is 9.97. The second-order valence-electron chi connectivity index (χ2n) is 8.36. The Morgan fingerprint density at radius 2 is 1.73 bits per heavy atom. The summed E-state index contributed by atoms with van der Waals surface area (Å²) in [7, 11) is 0. The normalized spacial score (nSPS) is 18.1. The van der Waals surface area contributed by atoms with Crippen LogP contribution >= 0.6 is 11.3 Å². The molecule has 2 unspecified atom stereocenters. The van der Waals surface area contributed by atoms with Crippen LogP contribution in [0.25, 0.3) is 0 Å². The number of carbonyl (C=O) groups is 2. The Morgan fingerprint density at radius 1 is 1.03 bits per heavy atom. The minimum absolute atomic E-state index is 0.000837. The number of nitrogens with zero attached hydrogens (tertiary/aromatic N) is 3. The van der Waals surface area contributed by atoms with Gasteiger partial charge in [-0.25, -0.2) is 0 Å². The fraction of sp³-hybridized carbons (Fsp3) is 0.360. The van der Waals surface area contributed by atoms with Gasteiger partial charge in [-0.05, 0) is 62.9 Å². The van der Waals surface area contributed by atoms with Crippen molar-refractivity contribution in [3.63, 3.8) is 0 Å². The lowest BCUT2D eigenvalue weighted by molar-refractivity contribution is -0.139. The average molecular weight is 465 g/mol. The monoisotopic (exact) mass is 464 g/mol. The summed E-state index contributed by atoms with van der Waals surface area (Å²) in [6.07, 6.45) is 3.89. The summed E-state index contributed by atoms with van der Waals surface area (Å²) in [5.74, 6) is 0.286. The van der Waals surface area contributed by atoms with Crippen molar-refractivity contribution < 1.29 is 14.3 Å². The number of hydrogen-bond acceptors (Lipinski definition) is 6. The van der Waals surface area contributed by atoms with E-state index in [1.807, 2.05) is 35.2 Å². The van der Waals surface area contributed by atoms with Gasteiger partial charge in [0.15, 0.2) is 6.61 Å². The van der Waals surface area contributed by atoms with Crippen molar-refractivity contribution in [1.82, 2.24) is 15.1 Å². The molecule has 1 aliphatic heterocycles. The largest absolute Gasteiger partial charge is 0.484 e. The SMILES string of the molecule is CC1CCCC(C)N1C(=O)COc1ccc(C(=O)Nc2nnc(Cc3ccccc3)s2)cc1. The molecule has 8 heteroatoms. The van der Waals surface area contributed by atoms with Gasteiger partial charge in [-0.15, -0.1) is 10.2 Å². The molecular formula is C25H28N4O3S. The smallest absolute Gasteiger partial charge is 0.260 e. The van der Waals surface area contributed by atoms with E-state index in [4.69, 9.17) is 4.74 Å². The van der Waals surface area contributed by atoms with Crippen LogP contribution in [0.3, 0.4) is 0 Å². The molecule has 33 heavy (non-hydrogen) atoms. The molecule has 0 radical (unpaired) electrons. The quantitative estimate of drug-likeness (QED) is 0.555. The zero-order valence-electron chi connectivity index (χ0n) is 18.9. The summed E-state index contributed by atoms with van der Waals surface area (Å²) in [6, 6.07) is 17.2. The molecule has 2 heterocycles. The number of ether oxygens (including phenoxy) is 1. The highest BCUT2D eigenvalue weighted by Gasteiger charge is 2.29. The molecule has 7 nitrogen and oxygen atoms in total. The number of hydrogen-bond donors (Lipinski definition) is 1. The molecule has 172 valence electrons. The van der Waals surface area contributed by atoms with Crippen molar-refractivity contribution in [1.29, 1.82) is 0 Å². The first-order valence-corrected chi connectivity index (χ1v) is 12.0. The van der Waals surface area contributed by atoms with E-state index in [1.54, 1.807) is 24.3 Å². The summed E-state index contributed by atoms with van der Waals surface area (Å²) in [5.41, 5.74) is 1.62. The van der Waals surface area contributed by atoms with Gasteiger partial charge in [0.2, 0.25) is 5.13 Å². The minimum Gasteiger partial charge on any atom is -0.484 e. The molecule has 2 atom stereocenters. The third-order valence-corrected chi connectivity index (χ3v) is 6.68. The molecule has 1 fully saturated rings. The fourth-order valence-corrected chi connectivity index (χ4v) is 4.92. The van der Waals surface area contributed by atoms with Crippen molar-refractivity contribution in [2.45, 2.75) is 51.6 Å². The van der Waals surface area contributed by atoms with E-state index in [-0.39, 0.29) is 30.5 Å². The van der Waals surface area contributed by atoms with Gasteiger partial charge < -0.3 is 9.64 Å². The third kappa shape index (κ3) is 5.96. The zero-order valence-corrected chi connectivity index (χ0v) is 19.7. The van der Waals surface area contributed by atoms with Crippen LogP contribution in [0.15, 0.2) is 54.6 Å². The van der Waals surface area contributed by atoms with Crippen LogP contribution in [0.2, 0.25) is 0 Å². The van der Waals surface area contributed by atoms with Gasteiger partial charge in [0, 0.05) is 24.1 Å². The highest BCUT2D eigenvalue weighted by Crippen LogP contribution is 2.23. The molecule has 1 saturated heterocycles. The molecule has 4 rings (SSSR count). The summed E-state index contributed by atoms with van der Waals surface area (Å²) in [5, 5.41) is 12.3. The van der Waals surface area contributed by atoms with Crippen molar-refractivity contribution in [3.05, 3.63) is 70.7 Å². The van der Waals surface area contributed by atoms with Gasteiger partial charge >= 0.3 is 0 Å². The van der Waals surface area contributed by atoms with E-state index >= 15 is 0 Å². The number of nitrogens with one attached hydrogen (secondary N) is 1. The second-order valence-corrected chi connectivity index (χ2v) is 9.42. The Bertz CT molecular complexity index is 1070. The summed E-state index contributed by atoms with van der Waals surface area (Å²) < 4.78 is 5.69. The second kappa shape index (κ2) is 10.6. The molecule has 0 spiro atoms. The fourth-order valence-electron chi connectivity index (χ4n) is 4.15. The third-order valence-electron chi connectivity index (χ3n) is 5.85. The maximum atomic E-state index is 12.6. The standard InChI is InChI=1S/C25H28N4O3S/c1-17-7-6-8-18(2)29(17)23(30)16-32-21-13-11-20(12-14-21)24(31)26-25-28-27-22(33-25)15-19-9-4-3-5-10-19/h3-5,9-14,17-18H,6-8,15-16H2,1-2H3,(H,26,28,31). The van der Waals surface area contributed by atoms with E-state index in [0.717, 1.165) is 29.8 Å². The van der Waals surface area contributed by atoms with Gasteiger partial charge in [-0.2, -0.15) is 0 Å². The molecule has 2 aromatic carbocycles. The number of piperidine rings is 1. The predicted octanol–water partition coefficient (Wildman–Crippen LogP) is 4.55. The first-order chi connectivity index (χ1) is 16.0. The van der Waals surface area contributed by atoms with E-state index in [0.29, 0.717) is 22.9 Å². The topological polar surface area (TPSA) is 84.4 Å². The Kier molecular flexibility index (Phi) is 7.34. The molecule has 3 aromatic rings. The number of rotatable bonds is 7. The number of amides is 2. The highest BCUT2D eigenvalue weighted by molar-refractivity contribution is 7.15. The first kappa shape index (κ1) is 22.9. The number of benzene rings is 2. The lowest BCUT2D eigenvalue weighted by Crippen LogP contribution is -2.49. The van der Waals surface area contributed by atoms with Crippen LogP contribution < -0.4 is 10.1 Å². The van der Waals surface area contributed by atoms with Gasteiger partial charge in [0.05, 0.1) is 0 Å². The van der Waals surface area contributed by atoms with Crippen LogP contribution in [0.5, 0.6) is 5.75 Å². The molecule has 0 saturated carbocycles. The number of likely N-dealkylation sites (tertiary alicyclic amines) is 1. The molecule has 0 bridgehead atoms. The predicted molar refractivity (Wildman–Crippen MR) is 129 cm³/mol. The summed E-state index contributed by atoms with van der Waals surface area (Å²) >= 11 is 1.36. The first-order valence-electron chi connectivity index (χ1n) is 11.2. The number of carbonyl (C=O) groups excluding carboxylic acids is 2. The van der Waals surface area contributed by atoms with Crippen LogP contribution in [0, 0.1) is 0 Å². The minimum atomic E-state index is -0.268. The molecule has 1 aromatic heterocycles. The van der Waals surface area contributed by atoms with E-state index in [1.165, 1.54) is 11.3 Å². The summed E-state index contributed by atoms with van der Waals surface area (Å²) in [6.45, 7) is 4.17. The van der Waals surface area contributed by atoms with Crippen LogP contribution in [0.1, 0.15) is 54.0 Å². The summed E-state index contributed by atoms with van der Waals surface area (Å²) in [4.78, 5) is 27.1. The van der Waals surface area contributed by atoms with E-state index in [2.05, 4.69) is 29.4 Å². The Hall–Kier alpha value is -3.26. The van der Waals surface area contributed by atoms with Crippen LogP contribution in [-0.2, 0) is 11.2 Å². The number of anilines is 1. The van der Waals surface area contributed by atoms with Gasteiger partial charge in [-0.3, -0.25) is 14.9 Å². The Balaban J connectivity index is 1.29. The van der Waals surface area contributed by atoms with Gasteiger partial charge in [0.25, 0.3) is 11.8 Å². The van der Waals surface area contributed by atoms with Crippen molar-refractivity contribution in [2.75, 3.05) is 11.9 Å². The molecule has 2 amide bonds. The van der Waals surface area contributed by atoms with E-state index < -0.39 is 0 Å². The van der Waals surface area contributed by atoms with Crippen molar-refractivity contribution >= 4 is 28.3 Å². The number of aromatic nitrogens is 2. The maximum absolute atomic E-state index is 12.6. The lowest BCUT2D eigenvalue weighted by Gasteiger charge is -2.38. The van der Waals surface area contributed by atoms with E-state index in [9.17, 15) is 9.59 Å². The Labute approximate surface area is 197 Å². The van der Waals surface area contributed by atoms with Crippen molar-refractivity contribution in [2.24, 2.45) is 0 Å². The highest BCUT2D eigenvalue weighted by atomic mass is 32.1. The van der Waals surface area contributed by atoms with Gasteiger partial charge in [-0.1, -0.05) is 41.7 Å². The molecule has 1 aliphatic rings. The average Bonchev–Trinajstić information content (AvgIpc) is 3.25.